The molecule has 2 aliphatic heterocycles. The Morgan fingerprint density at radius 1 is 1.23 bits per heavy atom. The molecule has 4 fully saturated rings. The number of nitrogens with one attached hydrogen (secondary N) is 1. The predicted molar refractivity (Wildman–Crippen MR) is 193 cm³/mol. The van der Waals surface area contributed by atoms with Crippen LogP contribution >= 0.6 is 22.6 Å². The highest BCUT2D eigenvalue weighted by Crippen LogP contribution is 2.65. The lowest BCUT2D eigenvalue weighted by molar-refractivity contribution is -0.121. The van der Waals surface area contributed by atoms with Crippen molar-refractivity contribution in [1.29, 1.82) is 0 Å². The van der Waals surface area contributed by atoms with Crippen LogP contribution in [0.25, 0.3) is 0 Å². The fraction of sp³-hybridized carbons (Fsp3) is 0.711. The average Bonchev–Trinajstić information content (AvgIpc) is 3.56. The van der Waals surface area contributed by atoms with E-state index in [1.165, 1.54) is 24.8 Å². The molecule has 8 nitrogen and oxygen atoms in total. The molecule has 1 unspecified atom stereocenters. The number of aliphatic hydroxyl groups excluding tert-OH is 1. The molecule has 6 aliphatic rings. The Labute approximate surface area is 294 Å². The number of nitrogens with zero attached hydrogens (tertiary/aromatic N) is 3. The van der Waals surface area contributed by atoms with Gasteiger partial charge in [0.2, 0.25) is 5.91 Å². The van der Waals surface area contributed by atoms with Crippen molar-refractivity contribution in [1.82, 2.24) is 10.2 Å². The predicted octanol–water partition coefficient (Wildman–Crippen LogP) is 7.03. The standard InChI is InChI=1S/C38H54IN5O3/c1-22-17-34-36(44(21-22)16-15-41-35(46)10-6-25-5-9-33(42-43-40)32(39)18-25)24(3)38(47-34)14-12-28-29-8-7-26-19-27(45)11-13-37(26,4)31(29)20-30(28)23(38)2/h5,7,9,18,22,24,27-29,31,34,36,45H,6,8,10-17,19-21H2,1-4H3,(H2,40,42)(H,41,46)/t22-,24+,27-,28-,29-,31?,34+,36-,37-,38-/m0/s1. The maximum atomic E-state index is 12.9. The zero-order valence-electron chi connectivity index (χ0n) is 28.7. The summed E-state index contributed by atoms with van der Waals surface area (Å²) in [6.45, 7) is 12.4. The Morgan fingerprint density at radius 3 is 2.85 bits per heavy atom. The van der Waals surface area contributed by atoms with Gasteiger partial charge in [0.25, 0.3) is 0 Å². The lowest BCUT2D eigenvalue weighted by atomic mass is 9.56. The molecule has 1 aromatic rings. The summed E-state index contributed by atoms with van der Waals surface area (Å²) < 4.78 is 8.30. The van der Waals surface area contributed by atoms with Gasteiger partial charge in [-0.2, -0.15) is 0 Å². The third kappa shape index (κ3) is 5.92. The van der Waals surface area contributed by atoms with Crippen LogP contribution in [-0.2, 0) is 16.0 Å². The van der Waals surface area contributed by atoms with E-state index in [1.807, 2.05) is 18.2 Å². The number of benzene rings is 1. The minimum atomic E-state index is -0.168. The zero-order chi connectivity index (χ0) is 33.1. The summed E-state index contributed by atoms with van der Waals surface area (Å²) in [7, 11) is 0. The second-order valence-corrected chi connectivity index (χ2v) is 17.2. The molecular weight excluding hydrogens is 701 g/mol. The summed E-state index contributed by atoms with van der Waals surface area (Å²) in [6.07, 6.45) is 12.6. The number of hydrogen-bond donors (Lipinski definition) is 3. The first-order valence-electron chi connectivity index (χ1n) is 18.2. The summed E-state index contributed by atoms with van der Waals surface area (Å²) >= 11 is 2.23. The SMILES string of the molecule is CC1=C2CC3[C@@H](CC=C4C[C@@H](O)CC[C@@]43C)[C@@H]2CC[C@]12O[C@@H]1C[C@H](C)CN(CCNC(=O)CCc3ccc(N=NN)c(I)c3)[C@H]1[C@H]2C. The number of carbonyl (C=O) groups is 1. The Kier molecular flexibility index (Phi) is 9.41. The minimum Gasteiger partial charge on any atom is -0.393 e. The molecule has 2 saturated heterocycles. The van der Waals surface area contributed by atoms with Crippen LogP contribution in [0, 0.1) is 38.6 Å². The molecule has 0 aromatic heterocycles. The Bertz CT molecular complexity index is 1480. The van der Waals surface area contributed by atoms with E-state index in [-0.39, 0.29) is 29.1 Å². The lowest BCUT2D eigenvalue weighted by Crippen LogP contribution is -2.54. The molecule has 10 atom stereocenters. The van der Waals surface area contributed by atoms with E-state index in [2.05, 4.69) is 76.9 Å². The first-order valence-corrected chi connectivity index (χ1v) is 19.3. The van der Waals surface area contributed by atoms with E-state index < -0.39 is 0 Å². The van der Waals surface area contributed by atoms with Gasteiger partial charge in [0.1, 0.15) is 5.69 Å². The molecule has 4 aliphatic carbocycles. The third-order valence-electron chi connectivity index (χ3n) is 13.6. The van der Waals surface area contributed by atoms with Crippen LogP contribution in [0.2, 0.25) is 0 Å². The monoisotopic (exact) mass is 755 g/mol. The summed E-state index contributed by atoms with van der Waals surface area (Å²) in [5.41, 5.74) is 6.75. The van der Waals surface area contributed by atoms with Crippen LogP contribution in [0.1, 0.15) is 91.0 Å². The van der Waals surface area contributed by atoms with Gasteiger partial charge < -0.3 is 21.0 Å². The summed E-state index contributed by atoms with van der Waals surface area (Å²) in [4.78, 5) is 15.5. The molecule has 256 valence electrons. The van der Waals surface area contributed by atoms with Crippen LogP contribution in [0.3, 0.4) is 0 Å². The Hall–Kier alpha value is -1.82. The van der Waals surface area contributed by atoms with Gasteiger partial charge in [0, 0.05) is 41.6 Å². The van der Waals surface area contributed by atoms with E-state index in [9.17, 15) is 9.90 Å². The number of piperidine rings is 1. The second-order valence-electron chi connectivity index (χ2n) is 16.1. The van der Waals surface area contributed by atoms with Gasteiger partial charge in [-0.3, -0.25) is 9.69 Å². The number of allylic oxidation sites excluding steroid dienone is 2. The number of ether oxygens (including phenoxy) is 1. The number of likely N-dealkylation sites (tertiary alicyclic amines) is 1. The van der Waals surface area contributed by atoms with Crippen molar-refractivity contribution in [3.8, 4) is 0 Å². The van der Waals surface area contributed by atoms with Crippen molar-refractivity contribution in [2.24, 2.45) is 51.2 Å². The highest BCUT2D eigenvalue weighted by molar-refractivity contribution is 14.1. The zero-order valence-corrected chi connectivity index (χ0v) is 30.8. The average molecular weight is 756 g/mol. The van der Waals surface area contributed by atoms with Gasteiger partial charge in [-0.15, -0.1) is 5.11 Å². The first-order chi connectivity index (χ1) is 22.5. The Balaban J connectivity index is 1.00. The molecule has 7 rings (SSSR count). The maximum absolute atomic E-state index is 12.9. The number of nitrogens with two attached hydrogens (primary N) is 1. The molecule has 0 radical (unpaired) electrons. The van der Waals surface area contributed by atoms with E-state index in [0.717, 1.165) is 65.9 Å². The van der Waals surface area contributed by atoms with Crippen LogP contribution in [-0.4, -0.2) is 59.4 Å². The highest BCUT2D eigenvalue weighted by Gasteiger charge is 2.61. The molecule has 4 N–H and O–H groups in total. The van der Waals surface area contributed by atoms with Crippen molar-refractivity contribution >= 4 is 34.2 Å². The Morgan fingerprint density at radius 2 is 2.06 bits per heavy atom. The van der Waals surface area contributed by atoms with Crippen molar-refractivity contribution in [2.75, 3.05) is 19.6 Å². The number of rotatable bonds is 7. The summed E-state index contributed by atoms with van der Waals surface area (Å²) in [5.74, 6) is 8.42. The number of carbonyl (C=O) groups excluding carboxylic acids is 1. The summed E-state index contributed by atoms with van der Waals surface area (Å²) in [6, 6.07) is 6.32. The number of amides is 1. The number of aryl methyl sites for hydroxylation is 1. The second kappa shape index (κ2) is 13.1. The maximum Gasteiger partial charge on any atom is 0.220 e. The van der Waals surface area contributed by atoms with Gasteiger partial charge in [0.15, 0.2) is 0 Å². The van der Waals surface area contributed by atoms with Gasteiger partial charge in [-0.1, -0.05) is 49.3 Å². The first kappa shape index (κ1) is 33.7. The number of aliphatic hydroxyl groups is 1. The topological polar surface area (TPSA) is 113 Å². The van der Waals surface area contributed by atoms with Crippen molar-refractivity contribution in [2.45, 2.75) is 116 Å². The minimum absolute atomic E-state index is 0.0972. The number of halogens is 1. The van der Waals surface area contributed by atoms with Crippen molar-refractivity contribution in [3.05, 3.63) is 50.1 Å². The molecule has 2 saturated carbocycles. The molecule has 1 amide bonds. The van der Waals surface area contributed by atoms with Crippen LogP contribution < -0.4 is 11.2 Å². The fourth-order valence-corrected chi connectivity index (χ4v) is 11.9. The molecular formula is C38H54IN5O3. The third-order valence-corrected chi connectivity index (χ3v) is 14.5. The highest BCUT2D eigenvalue weighted by atomic mass is 127. The molecule has 1 aromatic carbocycles. The van der Waals surface area contributed by atoms with Gasteiger partial charge in [-0.05, 0) is 140 Å². The summed E-state index contributed by atoms with van der Waals surface area (Å²) in [5, 5.41) is 21.0. The van der Waals surface area contributed by atoms with Gasteiger partial charge in [-0.25, -0.2) is 0 Å². The van der Waals surface area contributed by atoms with Crippen LogP contribution in [0.4, 0.5) is 5.69 Å². The van der Waals surface area contributed by atoms with E-state index in [4.69, 9.17) is 10.6 Å². The van der Waals surface area contributed by atoms with Crippen LogP contribution in [0.15, 0.2) is 51.3 Å². The van der Waals surface area contributed by atoms with Gasteiger partial charge >= 0.3 is 0 Å². The van der Waals surface area contributed by atoms with Gasteiger partial charge in [0.05, 0.1) is 17.8 Å². The lowest BCUT2D eigenvalue weighted by Gasteiger charge is -2.49. The number of fused-ring (bicyclic) bond motifs is 6. The smallest absolute Gasteiger partial charge is 0.220 e. The van der Waals surface area contributed by atoms with E-state index in [1.54, 1.807) is 11.1 Å². The molecule has 0 bridgehead atoms. The van der Waals surface area contributed by atoms with Crippen LogP contribution in [0.5, 0.6) is 0 Å². The van der Waals surface area contributed by atoms with E-state index in [0.29, 0.717) is 49.1 Å². The molecule has 1 spiro atoms. The van der Waals surface area contributed by atoms with Crippen molar-refractivity contribution < 1.29 is 14.6 Å². The van der Waals surface area contributed by atoms with Crippen molar-refractivity contribution in [3.63, 3.8) is 0 Å². The quantitative estimate of drug-likeness (QED) is 0.0911. The normalized spacial score (nSPS) is 39.8. The largest absolute Gasteiger partial charge is 0.393 e. The number of hydrogen-bond acceptors (Lipinski definition) is 6. The fourth-order valence-electron chi connectivity index (χ4n) is 11.3. The molecule has 47 heavy (non-hydrogen) atoms. The van der Waals surface area contributed by atoms with E-state index >= 15 is 0 Å². The molecule has 2 heterocycles. The molecule has 9 heteroatoms.